The molecule has 9 N–H and O–H groups in total. The van der Waals surface area contributed by atoms with Gasteiger partial charge in [0.1, 0.15) is 46.8 Å². The Morgan fingerprint density at radius 2 is 0.827 bits per heavy atom. The minimum Gasteiger partial charge on any atom is -0.450 e. The maximum Gasteiger partial charge on any atom is 1.00 e. The van der Waals surface area contributed by atoms with Crippen LogP contribution in [-0.4, -0.2) is 94.8 Å². The van der Waals surface area contributed by atoms with Crippen LogP contribution in [0.2, 0.25) is 31.2 Å². The first-order chi connectivity index (χ1) is 35.3. The summed E-state index contributed by atoms with van der Waals surface area (Å²) in [6.07, 6.45) is 0. The molecule has 2 aromatic heterocycles. The summed E-state index contributed by atoms with van der Waals surface area (Å²) in [6.45, 7) is 0. The fraction of sp³-hybridized carbons (Fsp3) is 0. The zero-order valence-corrected chi connectivity index (χ0v) is 59.3. The Bertz CT molecular complexity index is 4650. The third-order valence-electron chi connectivity index (χ3n) is 9.87. The van der Waals surface area contributed by atoms with Crippen LogP contribution in [0, 0.1) is 0 Å². The average Bonchev–Trinajstić information content (AvgIpc) is 3.28. The van der Waals surface area contributed by atoms with Gasteiger partial charge >= 0.3 is 148 Å². The molecule has 0 spiro atoms. The Balaban J connectivity index is 0.00000282. The van der Waals surface area contributed by atoms with E-state index in [1.54, 1.807) is 0 Å². The number of ether oxygens (including phenoxy) is 2. The summed E-state index contributed by atoms with van der Waals surface area (Å²) in [5.74, 6) is -2.74. The van der Waals surface area contributed by atoms with Crippen LogP contribution in [0.15, 0.2) is 99.0 Å². The molecular formula is C36H18Cl6N12Na5O17S5+5. The summed E-state index contributed by atoms with van der Waals surface area (Å²) in [6, 6.07) is 8.55. The van der Waals surface area contributed by atoms with Crippen LogP contribution < -0.4 is 190 Å². The van der Waals surface area contributed by atoms with E-state index < -0.39 is 175 Å². The molecule has 0 unspecified atom stereocenters. The number of benzene rings is 5. The Morgan fingerprint density at radius 3 is 1.23 bits per heavy atom. The van der Waals surface area contributed by atoms with Crippen LogP contribution in [0.5, 0.6) is 23.0 Å². The largest absolute Gasteiger partial charge is 1.00 e. The molecule has 396 valence electrons. The molecule has 7 aromatic rings. The number of hydrogen-bond donors (Lipinski definition) is 9. The first-order valence-electron chi connectivity index (χ1n) is 19.3. The number of nitrogens with one attached hydrogen (secondary N) is 4. The van der Waals surface area contributed by atoms with Gasteiger partial charge < -0.3 is 20.1 Å². The van der Waals surface area contributed by atoms with Crippen LogP contribution in [0.4, 0.5) is 45.5 Å². The zero-order valence-electron chi connectivity index (χ0n) is 40.7. The quantitative estimate of drug-likeness (QED) is 0.0429. The number of H-pyrrole nitrogens is 2. The van der Waals surface area contributed by atoms with Gasteiger partial charge in [-0.1, -0.05) is 23.2 Å². The number of hydrogen-bond acceptors (Lipinski definition) is 22. The Labute approximate surface area is 594 Å². The van der Waals surface area contributed by atoms with Crippen LogP contribution in [-0.2, 0) is 50.6 Å². The molecule has 45 heteroatoms. The summed E-state index contributed by atoms with van der Waals surface area (Å²) < 4.78 is 193. The van der Waals surface area contributed by atoms with E-state index in [0.717, 1.165) is 48.5 Å². The molecule has 81 heavy (non-hydrogen) atoms. The van der Waals surface area contributed by atoms with Gasteiger partial charge in [0.2, 0.25) is 32.4 Å². The van der Waals surface area contributed by atoms with Gasteiger partial charge in [-0.15, -0.1) is 0 Å². The molecule has 0 saturated heterocycles. The molecule has 0 aliphatic carbocycles. The van der Waals surface area contributed by atoms with Gasteiger partial charge in [0.05, 0.1) is 34.1 Å². The monoisotopic (exact) mass is 1370 g/mol. The number of fused-ring (bicyclic) bond motifs is 4. The maximum atomic E-state index is 13.2. The third kappa shape index (κ3) is 15.6. The van der Waals surface area contributed by atoms with Crippen molar-refractivity contribution in [3.05, 3.63) is 108 Å². The number of nitrogens with zero attached hydrogens (tertiary/aromatic N) is 8. The SMILES string of the molecule is O=S(=O)(O)c1cc(N=c2nc(Cl)nc(Cl)[nH]2)ccc1Nc1ccc2c(c1S(=O)(=O)O)Oc1c(Cl)c3c(c(Cl)c1=N2)Oc1c(ccc(Nc2ccc(N=c4nc(Cl)nc(Cl)[nH]4)c(S(=O)(=O)O)c2S(=O)(=O)O)c1S(=O)(=O)O)N=3.[Na+].[Na+].[Na+].[Na+].[Na+]. The maximum absolute atomic E-state index is 13.2. The van der Waals surface area contributed by atoms with E-state index in [1.807, 2.05) is 0 Å². The van der Waals surface area contributed by atoms with Crippen molar-refractivity contribution in [2.45, 2.75) is 24.5 Å². The summed E-state index contributed by atoms with van der Waals surface area (Å²) in [7, 11) is -27.6. The van der Waals surface area contributed by atoms with E-state index in [1.165, 1.54) is 6.07 Å². The van der Waals surface area contributed by atoms with Crippen molar-refractivity contribution in [2.24, 2.45) is 20.0 Å². The van der Waals surface area contributed by atoms with Crippen LogP contribution >= 0.6 is 69.6 Å². The molecule has 9 rings (SSSR count). The Morgan fingerprint density at radius 1 is 0.444 bits per heavy atom. The summed E-state index contributed by atoms with van der Waals surface area (Å²) in [5, 5.41) is 1.24. The standard InChI is InChI=1S/C36H18Cl6N12O17S5.5Na/c37-19-22-26(71-24-13(47-22)4-6-15(28(24)74(61,62)63)45-16-7-8-17(48-36-53-33(41)50-34(42)54-36)30(76(67,68)69)29(16)75(64,65)66)20(38)21-25(19)70-23-12(46-21)3-5-14(27(23)73(58,59)60)44-11-2-1-10(9-18(11)72(55,56)57)43-35-51-31(39)49-32(40)52-35;;;;;/h1-9,44-45H,(H,55,56,57)(H,58,59,60)(H,61,62,63)(H,64,65,66)(H,67,68,69)(H,43,49,51,52)(H,48,50,53,54);;;;;/q;5*+1. The normalized spacial score (nSPS) is 12.9. The first-order valence-corrected chi connectivity index (χ1v) is 28.8. The third-order valence-corrected chi connectivity index (χ3v) is 16.0. The van der Waals surface area contributed by atoms with E-state index in [4.69, 9.17) is 79.1 Å². The summed E-state index contributed by atoms with van der Waals surface area (Å²) in [4.78, 5) is 29.5. The number of halogens is 6. The van der Waals surface area contributed by atoms with Gasteiger partial charge in [0.25, 0.3) is 50.6 Å². The molecule has 2 aliphatic rings. The van der Waals surface area contributed by atoms with Crippen molar-refractivity contribution < 1.29 is 222 Å². The summed E-state index contributed by atoms with van der Waals surface area (Å²) in [5.41, 5.74) is -5.55. The molecule has 0 radical (unpaired) electrons. The van der Waals surface area contributed by atoms with Crippen molar-refractivity contribution in [1.82, 2.24) is 29.9 Å². The molecule has 0 fully saturated rings. The predicted molar refractivity (Wildman–Crippen MR) is 263 cm³/mol. The van der Waals surface area contributed by atoms with Gasteiger partial charge in [0.15, 0.2) is 32.8 Å². The van der Waals surface area contributed by atoms with E-state index >= 15 is 0 Å². The molecule has 0 bridgehead atoms. The predicted octanol–water partition coefficient (Wildman–Crippen LogP) is -8.84. The van der Waals surface area contributed by atoms with E-state index in [0.29, 0.717) is 0 Å². The van der Waals surface area contributed by atoms with Gasteiger partial charge in [-0.2, -0.15) is 62.0 Å². The van der Waals surface area contributed by atoms with Crippen molar-refractivity contribution in [3.63, 3.8) is 0 Å². The van der Waals surface area contributed by atoms with E-state index in [9.17, 15) is 64.9 Å². The van der Waals surface area contributed by atoms with Crippen LogP contribution in [0.3, 0.4) is 0 Å². The topological polar surface area (TPSA) is 447 Å². The molecular weight excluding hydrogens is 1360 g/mol. The Kier molecular flexibility index (Phi) is 24.1. The van der Waals surface area contributed by atoms with Gasteiger partial charge in [-0.25, -0.2) is 20.0 Å². The van der Waals surface area contributed by atoms with Gasteiger partial charge in [-0.05, 0) is 101 Å². The molecule has 0 amide bonds. The second-order valence-electron chi connectivity index (χ2n) is 14.8. The van der Waals surface area contributed by atoms with Crippen LogP contribution in [0.1, 0.15) is 0 Å². The Hall–Kier alpha value is -1.19. The number of anilines is 4. The smallest absolute Gasteiger partial charge is 0.450 e. The second-order valence-corrected chi connectivity index (χ2v) is 23.7. The van der Waals surface area contributed by atoms with E-state index in [-0.39, 0.29) is 170 Å². The molecule has 5 aromatic carbocycles. The molecule has 0 atom stereocenters. The molecule has 29 nitrogen and oxygen atoms in total. The number of rotatable bonds is 11. The molecule has 4 heterocycles. The fourth-order valence-corrected chi connectivity index (χ4v) is 12.7. The molecule has 2 aliphatic heterocycles. The molecule has 0 saturated carbocycles. The zero-order chi connectivity index (χ0) is 55.4. The summed E-state index contributed by atoms with van der Waals surface area (Å²) >= 11 is 36.8. The van der Waals surface area contributed by atoms with Crippen LogP contribution in [0.25, 0.3) is 0 Å². The number of aromatic nitrogens is 6. The average molecular weight is 1380 g/mol. The van der Waals surface area contributed by atoms with E-state index in [2.05, 4.69) is 60.5 Å². The van der Waals surface area contributed by atoms with Crippen molar-refractivity contribution >= 4 is 166 Å². The van der Waals surface area contributed by atoms with Crippen molar-refractivity contribution in [2.75, 3.05) is 10.6 Å². The van der Waals surface area contributed by atoms with Gasteiger partial charge in [-0.3, -0.25) is 32.7 Å². The first kappa shape index (κ1) is 72.3. The number of aromatic amines is 2. The minimum atomic E-state index is -5.76. The minimum absolute atomic E-state index is 0. The second kappa shape index (κ2) is 27.1. The van der Waals surface area contributed by atoms with Crippen molar-refractivity contribution in [3.8, 4) is 23.0 Å². The fourth-order valence-electron chi connectivity index (χ4n) is 7.10. The van der Waals surface area contributed by atoms with Gasteiger partial charge in [0, 0.05) is 0 Å². The van der Waals surface area contributed by atoms with Crippen molar-refractivity contribution in [1.29, 1.82) is 0 Å².